The first-order valence-electron chi connectivity index (χ1n) is 7.87. The van der Waals surface area contributed by atoms with Crippen LogP contribution in [-0.2, 0) is 4.79 Å². The molecule has 0 aromatic heterocycles. The summed E-state index contributed by atoms with van der Waals surface area (Å²) in [7, 11) is 0. The van der Waals surface area contributed by atoms with Crippen molar-refractivity contribution >= 4 is 5.91 Å². The largest absolute Gasteiger partial charge is 0.396 e. The van der Waals surface area contributed by atoms with Crippen LogP contribution in [0, 0.1) is 0 Å². The van der Waals surface area contributed by atoms with Gasteiger partial charge in [-0.2, -0.15) is 0 Å². The van der Waals surface area contributed by atoms with Gasteiger partial charge in [-0.3, -0.25) is 4.79 Å². The molecule has 2 N–H and O–H groups in total. The lowest BCUT2D eigenvalue weighted by molar-refractivity contribution is -0.118. The smallest absolute Gasteiger partial charge is 0.247 e. The van der Waals surface area contributed by atoms with Gasteiger partial charge in [0.25, 0.3) is 0 Å². The lowest BCUT2D eigenvalue weighted by atomic mass is 10.0. The summed E-state index contributed by atoms with van der Waals surface area (Å²) in [5.74, 6) is 0.0405. The predicted octanol–water partition coefficient (Wildman–Crippen LogP) is 3.51. The molecule has 0 saturated heterocycles. The van der Waals surface area contributed by atoms with Crippen molar-refractivity contribution in [2.75, 3.05) is 6.61 Å². The summed E-state index contributed by atoms with van der Waals surface area (Å²) >= 11 is 0. The molecule has 0 radical (unpaired) electrons. The molecular weight excluding hydrogens is 262 g/mol. The van der Waals surface area contributed by atoms with Crippen LogP contribution in [0.15, 0.2) is 41.5 Å². The molecule has 2 rings (SSSR count). The highest BCUT2D eigenvalue weighted by molar-refractivity contribution is 5.93. The van der Waals surface area contributed by atoms with Gasteiger partial charge >= 0.3 is 0 Å². The molecule has 21 heavy (non-hydrogen) atoms. The summed E-state index contributed by atoms with van der Waals surface area (Å²) in [6.07, 6.45) is 5.97. The average Bonchev–Trinajstić information content (AvgIpc) is 3.05. The fraction of sp³-hybridized carbons (Fsp3) is 0.500. The summed E-state index contributed by atoms with van der Waals surface area (Å²) < 4.78 is 0. The van der Waals surface area contributed by atoms with E-state index in [1.165, 1.54) is 18.4 Å². The van der Waals surface area contributed by atoms with Crippen LogP contribution in [0.25, 0.3) is 0 Å². The lowest BCUT2D eigenvalue weighted by Crippen LogP contribution is -2.29. The number of nitrogens with one attached hydrogen (secondary N) is 1. The highest BCUT2D eigenvalue weighted by Crippen LogP contribution is 2.27. The van der Waals surface area contributed by atoms with Crippen LogP contribution in [0.2, 0.25) is 0 Å². The number of benzene rings is 1. The number of aliphatic hydroxyl groups excluding tert-OH is 1. The van der Waals surface area contributed by atoms with Crippen LogP contribution in [0.1, 0.15) is 57.1 Å². The molecular formula is C18H25NO2. The first-order chi connectivity index (χ1) is 10.2. The predicted molar refractivity (Wildman–Crippen MR) is 84.8 cm³/mol. The Balaban J connectivity index is 2.07. The molecule has 1 unspecified atom stereocenters. The minimum Gasteiger partial charge on any atom is -0.396 e. The summed E-state index contributed by atoms with van der Waals surface area (Å²) in [6.45, 7) is 2.09. The fourth-order valence-corrected chi connectivity index (χ4v) is 2.91. The van der Waals surface area contributed by atoms with E-state index in [-0.39, 0.29) is 18.6 Å². The molecule has 1 atom stereocenters. The van der Waals surface area contributed by atoms with Crippen molar-refractivity contribution < 1.29 is 9.90 Å². The first-order valence-corrected chi connectivity index (χ1v) is 7.87. The Bertz CT molecular complexity index is 485. The van der Waals surface area contributed by atoms with Crippen molar-refractivity contribution in [1.29, 1.82) is 0 Å². The summed E-state index contributed by atoms with van der Waals surface area (Å²) in [5.41, 5.74) is 3.29. The third kappa shape index (κ3) is 4.43. The van der Waals surface area contributed by atoms with Gasteiger partial charge in [0.1, 0.15) is 0 Å². The number of hydrogen-bond acceptors (Lipinski definition) is 2. The molecule has 1 amide bonds. The maximum atomic E-state index is 12.4. The van der Waals surface area contributed by atoms with E-state index < -0.39 is 0 Å². The third-order valence-electron chi connectivity index (χ3n) is 4.24. The molecule has 114 valence electrons. The highest BCUT2D eigenvalue weighted by atomic mass is 16.3. The minimum atomic E-state index is -0.0252. The van der Waals surface area contributed by atoms with Gasteiger partial charge in [-0.1, -0.05) is 35.9 Å². The van der Waals surface area contributed by atoms with Crippen molar-refractivity contribution in [3.05, 3.63) is 47.0 Å². The molecule has 3 nitrogen and oxygen atoms in total. The van der Waals surface area contributed by atoms with E-state index in [1.807, 2.05) is 37.3 Å². The second-order valence-electron chi connectivity index (χ2n) is 5.74. The maximum Gasteiger partial charge on any atom is 0.247 e. The second-order valence-corrected chi connectivity index (χ2v) is 5.74. The second kappa shape index (κ2) is 7.99. The van der Waals surface area contributed by atoms with Crippen LogP contribution in [0.5, 0.6) is 0 Å². The number of carbonyl (C=O) groups is 1. The molecule has 3 heteroatoms. The number of carbonyl (C=O) groups excluding carboxylic acids is 1. The molecule has 1 saturated carbocycles. The molecule has 1 aromatic rings. The number of amides is 1. The van der Waals surface area contributed by atoms with Crippen LogP contribution in [0.3, 0.4) is 0 Å². The Kier molecular flexibility index (Phi) is 6.00. The van der Waals surface area contributed by atoms with Crippen LogP contribution in [-0.4, -0.2) is 17.6 Å². The number of rotatable bonds is 6. The molecule has 0 spiro atoms. The monoisotopic (exact) mass is 287 g/mol. The SMILES string of the molecule is CC(C(=O)NC(CCCO)c1ccccc1)=C1CCCC1. The molecule has 1 aromatic carbocycles. The van der Waals surface area contributed by atoms with Crippen LogP contribution < -0.4 is 5.32 Å². The van der Waals surface area contributed by atoms with E-state index in [9.17, 15) is 4.79 Å². The standard InChI is InChI=1S/C18H25NO2/c1-14(15-8-5-6-9-15)18(21)19-17(12-7-13-20)16-10-3-2-4-11-16/h2-4,10-11,17,20H,5-9,12-13H2,1H3,(H,19,21). The quantitative estimate of drug-likeness (QED) is 0.787. The summed E-state index contributed by atoms with van der Waals surface area (Å²) in [6, 6.07) is 9.97. The Morgan fingerprint density at radius 3 is 2.52 bits per heavy atom. The van der Waals surface area contributed by atoms with Gasteiger partial charge in [-0.15, -0.1) is 0 Å². The van der Waals surface area contributed by atoms with Crippen LogP contribution >= 0.6 is 0 Å². The normalized spacial score (nSPS) is 15.8. The Morgan fingerprint density at radius 2 is 1.90 bits per heavy atom. The Morgan fingerprint density at radius 1 is 1.24 bits per heavy atom. The molecule has 0 bridgehead atoms. The van der Waals surface area contributed by atoms with E-state index in [0.29, 0.717) is 6.42 Å². The third-order valence-corrected chi connectivity index (χ3v) is 4.24. The van der Waals surface area contributed by atoms with Crippen molar-refractivity contribution in [2.24, 2.45) is 0 Å². The molecule has 1 aliphatic rings. The number of hydrogen-bond donors (Lipinski definition) is 2. The topological polar surface area (TPSA) is 49.3 Å². The van der Waals surface area contributed by atoms with E-state index in [4.69, 9.17) is 5.11 Å². The molecule has 1 fully saturated rings. The highest BCUT2D eigenvalue weighted by Gasteiger charge is 2.18. The summed E-state index contributed by atoms with van der Waals surface area (Å²) in [5, 5.41) is 12.2. The van der Waals surface area contributed by atoms with Gasteiger partial charge in [-0.05, 0) is 51.0 Å². The van der Waals surface area contributed by atoms with Gasteiger partial charge < -0.3 is 10.4 Å². The van der Waals surface area contributed by atoms with Crippen molar-refractivity contribution in [1.82, 2.24) is 5.32 Å². The fourth-order valence-electron chi connectivity index (χ4n) is 2.91. The number of allylic oxidation sites excluding steroid dienone is 1. The van der Waals surface area contributed by atoms with Gasteiger partial charge in [0.2, 0.25) is 5.91 Å². The van der Waals surface area contributed by atoms with E-state index >= 15 is 0 Å². The Labute approximate surface area is 127 Å². The molecule has 1 aliphatic carbocycles. The van der Waals surface area contributed by atoms with Gasteiger partial charge in [0, 0.05) is 12.2 Å². The van der Waals surface area contributed by atoms with Gasteiger partial charge in [0.15, 0.2) is 0 Å². The first kappa shape index (κ1) is 15.8. The average molecular weight is 287 g/mol. The number of aliphatic hydroxyl groups is 1. The molecule has 0 aliphatic heterocycles. The minimum absolute atomic E-state index is 0.0252. The van der Waals surface area contributed by atoms with Crippen molar-refractivity contribution in [2.45, 2.75) is 51.5 Å². The molecule has 0 heterocycles. The van der Waals surface area contributed by atoms with Gasteiger partial charge in [0.05, 0.1) is 6.04 Å². The zero-order valence-corrected chi connectivity index (χ0v) is 12.8. The zero-order chi connectivity index (χ0) is 15.1. The van der Waals surface area contributed by atoms with Crippen molar-refractivity contribution in [3.8, 4) is 0 Å². The van der Waals surface area contributed by atoms with E-state index in [2.05, 4.69) is 5.32 Å². The lowest BCUT2D eigenvalue weighted by Gasteiger charge is -2.20. The Hall–Kier alpha value is -1.61. The van der Waals surface area contributed by atoms with E-state index in [0.717, 1.165) is 30.4 Å². The summed E-state index contributed by atoms with van der Waals surface area (Å²) in [4.78, 5) is 12.4. The maximum absolute atomic E-state index is 12.4. The van der Waals surface area contributed by atoms with Gasteiger partial charge in [-0.25, -0.2) is 0 Å². The van der Waals surface area contributed by atoms with E-state index in [1.54, 1.807) is 0 Å². The van der Waals surface area contributed by atoms with Crippen molar-refractivity contribution in [3.63, 3.8) is 0 Å². The zero-order valence-electron chi connectivity index (χ0n) is 12.8. The van der Waals surface area contributed by atoms with Crippen LogP contribution in [0.4, 0.5) is 0 Å².